The Bertz CT molecular complexity index is 408. The number of nitrogens with one attached hydrogen (secondary N) is 1. The van der Waals surface area contributed by atoms with Crippen molar-refractivity contribution in [2.45, 2.75) is 64.3 Å². The number of hydrogen-bond donors (Lipinski definition) is 2. The number of nitrogen functional groups attached to an aromatic ring is 1. The zero-order valence-corrected chi connectivity index (χ0v) is 13.3. The Labute approximate surface area is 124 Å². The van der Waals surface area contributed by atoms with Crippen LogP contribution in [0.15, 0.2) is 24.3 Å². The average molecular weight is 274 g/mol. The van der Waals surface area contributed by atoms with Crippen LogP contribution < -0.4 is 11.1 Å². The standard InChI is InChI=1S/C18H30N2/c1-14-5-4-6-17(12-7-14)20-13-18(2,3)15-8-10-16(19)11-9-15/h8-11,14,17,20H,4-7,12-13,19H2,1-3H3. The highest BCUT2D eigenvalue weighted by molar-refractivity contribution is 5.41. The molecule has 20 heavy (non-hydrogen) atoms. The first-order chi connectivity index (χ1) is 9.47. The molecule has 2 nitrogen and oxygen atoms in total. The smallest absolute Gasteiger partial charge is 0.0314 e. The van der Waals surface area contributed by atoms with Gasteiger partial charge in [0.1, 0.15) is 0 Å². The molecule has 112 valence electrons. The van der Waals surface area contributed by atoms with E-state index in [1.165, 1.54) is 37.7 Å². The second-order valence-corrected chi connectivity index (χ2v) is 7.20. The van der Waals surface area contributed by atoms with Gasteiger partial charge in [-0.1, -0.05) is 45.7 Å². The van der Waals surface area contributed by atoms with Crippen LogP contribution in [0, 0.1) is 5.92 Å². The van der Waals surface area contributed by atoms with Crippen molar-refractivity contribution < 1.29 is 0 Å². The molecule has 1 aliphatic rings. The molecule has 0 amide bonds. The van der Waals surface area contributed by atoms with Crippen LogP contribution in [-0.2, 0) is 5.41 Å². The summed E-state index contributed by atoms with van der Waals surface area (Å²) in [5.41, 5.74) is 8.14. The van der Waals surface area contributed by atoms with Crippen molar-refractivity contribution in [1.29, 1.82) is 0 Å². The molecule has 2 unspecified atom stereocenters. The minimum atomic E-state index is 0.158. The zero-order chi connectivity index (χ0) is 14.6. The molecule has 0 heterocycles. The first-order valence-electron chi connectivity index (χ1n) is 8.07. The highest BCUT2D eigenvalue weighted by Crippen LogP contribution is 2.26. The van der Waals surface area contributed by atoms with E-state index in [9.17, 15) is 0 Å². The van der Waals surface area contributed by atoms with Gasteiger partial charge in [-0.2, -0.15) is 0 Å². The molecular formula is C18H30N2. The van der Waals surface area contributed by atoms with E-state index in [-0.39, 0.29) is 5.41 Å². The number of rotatable bonds is 4. The lowest BCUT2D eigenvalue weighted by Crippen LogP contribution is -2.39. The molecule has 2 atom stereocenters. The molecule has 1 fully saturated rings. The maximum Gasteiger partial charge on any atom is 0.0314 e. The third-order valence-electron chi connectivity index (χ3n) is 4.78. The lowest BCUT2D eigenvalue weighted by molar-refractivity contribution is 0.388. The summed E-state index contributed by atoms with van der Waals surface area (Å²) in [4.78, 5) is 0. The Balaban J connectivity index is 1.89. The molecule has 0 spiro atoms. The Morgan fingerprint density at radius 1 is 1.10 bits per heavy atom. The Kier molecular flexibility index (Phi) is 5.09. The van der Waals surface area contributed by atoms with Crippen LogP contribution in [0.3, 0.4) is 0 Å². The molecule has 3 N–H and O–H groups in total. The summed E-state index contributed by atoms with van der Waals surface area (Å²) in [7, 11) is 0. The van der Waals surface area contributed by atoms with Crippen LogP contribution in [0.4, 0.5) is 5.69 Å². The molecule has 0 radical (unpaired) electrons. The minimum absolute atomic E-state index is 0.158. The molecule has 1 aromatic rings. The van der Waals surface area contributed by atoms with Crippen LogP contribution >= 0.6 is 0 Å². The summed E-state index contributed by atoms with van der Waals surface area (Å²) in [6.07, 6.45) is 6.82. The number of benzene rings is 1. The minimum Gasteiger partial charge on any atom is -0.399 e. The van der Waals surface area contributed by atoms with E-state index in [1.807, 2.05) is 12.1 Å². The summed E-state index contributed by atoms with van der Waals surface area (Å²) < 4.78 is 0. The number of nitrogens with two attached hydrogens (primary N) is 1. The highest BCUT2D eigenvalue weighted by atomic mass is 14.9. The first-order valence-corrected chi connectivity index (χ1v) is 8.07. The number of hydrogen-bond acceptors (Lipinski definition) is 2. The van der Waals surface area contributed by atoms with Crippen molar-refractivity contribution in [3.05, 3.63) is 29.8 Å². The SMILES string of the molecule is CC1CCCC(NCC(C)(C)c2ccc(N)cc2)CC1. The Morgan fingerprint density at radius 3 is 2.50 bits per heavy atom. The predicted molar refractivity (Wildman–Crippen MR) is 87.9 cm³/mol. The molecule has 0 bridgehead atoms. The summed E-state index contributed by atoms with van der Waals surface area (Å²) in [6, 6.07) is 9.03. The summed E-state index contributed by atoms with van der Waals surface area (Å²) in [5.74, 6) is 0.909. The van der Waals surface area contributed by atoms with E-state index in [2.05, 4.69) is 38.2 Å². The number of anilines is 1. The van der Waals surface area contributed by atoms with Gasteiger partial charge in [0, 0.05) is 23.7 Å². The molecule has 1 aromatic carbocycles. The quantitative estimate of drug-likeness (QED) is 0.640. The fraction of sp³-hybridized carbons (Fsp3) is 0.667. The topological polar surface area (TPSA) is 38.0 Å². The monoisotopic (exact) mass is 274 g/mol. The van der Waals surface area contributed by atoms with Crippen molar-refractivity contribution >= 4 is 5.69 Å². The van der Waals surface area contributed by atoms with Crippen LogP contribution in [0.25, 0.3) is 0 Å². The van der Waals surface area contributed by atoms with Gasteiger partial charge in [-0.3, -0.25) is 0 Å². The molecule has 2 rings (SSSR count). The molecule has 1 saturated carbocycles. The van der Waals surface area contributed by atoms with Crippen LogP contribution in [0.1, 0.15) is 58.4 Å². The van der Waals surface area contributed by atoms with Crippen molar-refractivity contribution in [3.63, 3.8) is 0 Å². The van der Waals surface area contributed by atoms with E-state index in [1.54, 1.807) is 0 Å². The van der Waals surface area contributed by atoms with Gasteiger partial charge in [-0.25, -0.2) is 0 Å². The van der Waals surface area contributed by atoms with Gasteiger partial charge >= 0.3 is 0 Å². The Hall–Kier alpha value is -1.02. The first kappa shape index (κ1) is 15.4. The summed E-state index contributed by atoms with van der Waals surface area (Å²) in [5, 5.41) is 3.80. The molecule has 0 aliphatic heterocycles. The molecule has 0 saturated heterocycles. The van der Waals surface area contributed by atoms with Gasteiger partial charge in [-0.05, 0) is 42.9 Å². The third kappa shape index (κ3) is 4.24. The van der Waals surface area contributed by atoms with Gasteiger partial charge in [0.15, 0.2) is 0 Å². The Morgan fingerprint density at radius 2 is 1.80 bits per heavy atom. The van der Waals surface area contributed by atoms with Gasteiger partial charge in [-0.15, -0.1) is 0 Å². The fourth-order valence-electron chi connectivity index (χ4n) is 3.13. The lowest BCUT2D eigenvalue weighted by Gasteiger charge is -2.29. The van der Waals surface area contributed by atoms with Crippen LogP contribution in [0.5, 0.6) is 0 Å². The van der Waals surface area contributed by atoms with Crippen molar-refractivity contribution in [2.24, 2.45) is 5.92 Å². The van der Waals surface area contributed by atoms with Crippen molar-refractivity contribution in [3.8, 4) is 0 Å². The van der Waals surface area contributed by atoms with E-state index in [0.717, 1.165) is 18.2 Å². The molecule has 2 heteroatoms. The lowest BCUT2D eigenvalue weighted by atomic mass is 9.84. The third-order valence-corrected chi connectivity index (χ3v) is 4.78. The highest BCUT2D eigenvalue weighted by Gasteiger charge is 2.23. The van der Waals surface area contributed by atoms with Gasteiger partial charge in [0.25, 0.3) is 0 Å². The second-order valence-electron chi connectivity index (χ2n) is 7.20. The van der Waals surface area contributed by atoms with E-state index < -0.39 is 0 Å². The maximum atomic E-state index is 5.78. The van der Waals surface area contributed by atoms with E-state index in [0.29, 0.717) is 6.04 Å². The fourth-order valence-corrected chi connectivity index (χ4v) is 3.13. The largest absolute Gasteiger partial charge is 0.399 e. The van der Waals surface area contributed by atoms with Crippen LogP contribution in [-0.4, -0.2) is 12.6 Å². The van der Waals surface area contributed by atoms with Crippen molar-refractivity contribution in [2.75, 3.05) is 12.3 Å². The molecular weight excluding hydrogens is 244 g/mol. The maximum absolute atomic E-state index is 5.78. The molecule has 0 aromatic heterocycles. The van der Waals surface area contributed by atoms with Gasteiger partial charge < -0.3 is 11.1 Å². The van der Waals surface area contributed by atoms with Gasteiger partial charge in [0.2, 0.25) is 0 Å². The predicted octanol–water partition coefficient (Wildman–Crippen LogP) is 4.10. The molecule has 1 aliphatic carbocycles. The summed E-state index contributed by atoms with van der Waals surface area (Å²) >= 11 is 0. The van der Waals surface area contributed by atoms with Crippen LogP contribution in [0.2, 0.25) is 0 Å². The van der Waals surface area contributed by atoms with Crippen molar-refractivity contribution in [1.82, 2.24) is 5.32 Å². The van der Waals surface area contributed by atoms with Gasteiger partial charge in [0.05, 0.1) is 0 Å². The summed E-state index contributed by atoms with van der Waals surface area (Å²) in [6.45, 7) is 8.05. The van der Waals surface area contributed by atoms with E-state index >= 15 is 0 Å². The zero-order valence-electron chi connectivity index (χ0n) is 13.3. The van der Waals surface area contributed by atoms with E-state index in [4.69, 9.17) is 5.73 Å². The normalized spacial score (nSPS) is 24.4. The second kappa shape index (κ2) is 6.62. The average Bonchev–Trinajstić information content (AvgIpc) is 2.62.